The highest BCUT2D eigenvalue weighted by atomic mass is 16.2. The van der Waals surface area contributed by atoms with Crippen LogP contribution in [0, 0.1) is 5.92 Å². The number of benzene rings is 1. The van der Waals surface area contributed by atoms with Gasteiger partial charge in [0.25, 0.3) is 5.91 Å². The van der Waals surface area contributed by atoms with E-state index < -0.39 is 0 Å². The van der Waals surface area contributed by atoms with E-state index >= 15 is 0 Å². The molecular formula is C20H28N4O4. The zero-order valence-electron chi connectivity index (χ0n) is 16.8. The van der Waals surface area contributed by atoms with E-state index in [0.717, 1.165) is 0 Å². The van der Waals surface area contributed by atoms with Crippen molar-refractivity contribution in [3.8, 4) is 0 Å². The second-order valence-corrected chi connectivity index (χ2v) is 7.39. The normalized spacial score (nSPS) is 14.5. The molecule has 0 spiro atoms. The van der Waals surface area contributed by atoms with Crippen molar-refractivity contribution < 1.29 is 19.2 Å². The molecule has 4 amide bonds. The van der Waals surface area contributed by atoms with Gasteiger partial charge in [-0.2, -0.15) is 0 Å². The van der Waals surface area contributed by atoms with Gasteiger partial charge >= 0.3 is 0 Å². The zero-order chi connectivity index (χ0) is 20.8. The monoisotopic (exact) mass is 388 g/mol. The second-order valence-electron chi connectivity index (χ2n) is 7.39. The van der Waals surface area contributed by atoms with Crippen LogP contribution in [0.25, 0.3) is 0 Å². The molecule has 0 atom stereocenters. The van der Waals surface area contributed by atoms with Crippen LogP contribution in [0.2, 0.25) is 0 Å². The largest absolute Gasteiger partial charge is 0.349 e. The van der Waals surface area contributed by atoms with Crippen LogP contribution in [0.4, 0.5) is 11.4 Å². The Bertz CT molecular complexity index is 733. The Morgan fingerprint density at radius 3 is 1.86 bits per heavy atom. The van der Waals surface area contributed by atoms with E-state index in [4.69, 9.17) is 0 Å². The van der Waals surface area contributed by atoms with Gasteiger partial charge in [-0.25, -0.2) is 0 Å². The lowest BCUT2D eigenvalue weighted by Crippen LogP contribution is -2.47. The van der Waals surface area contributed by atoms with Gasteiger partial charge in [0, 0.05) is 55.8 Å². The first-order valence-electron chi connectivity index (χ1n) is 9.45. The van der Waals surface area contributed by atoms with Gasteiger partial charge in [0.05, 0.1) is 0 Å². The minimum absolute atomic E-state index is 0.0302. The van der Waals surface area contributed by atoms with Crippen molar-refractivity contribution in [1.82, 2.24) is 10.2 Å². The number of nitrogens with zero attached hydrogens (tertiary/aromatic N) is 1. The first-order valence-corrected chi connectivity index (χ1v) is 9.45. The van der Waals surface area contributed by atoms with Gasteiger partial charge < -0.3 is 20.9 Å². The molecule has 152 valence electrons. The molecule has 2 rings (SSSR count). The Labute approximate surface area is 165 Å². The molecule has 0 bridgehead atoms. The summed E-state index contributed by atoms with van der Waals surface area (Å²) in [6.45, 7) is 7.74. The molecule has 1 aromatic rings. The lowest BCUT2D eigenvalue weighted by molar-refractivity contribution is -0.135. The van der Waals surface area contributed by atoms with Gasteiger partial charge in [0.2, 0.25) is 17.7 Å². The third kappa shape index (κ3) is 6.07. The molecule has 1 aliphatic rings. The second kappa shape index (κ2) is 9.34. The zero-order valence-corrected chi connectivity index (χ0v) is 16.8. The molecule has 0 radical (unpaired) electrons. The molecule has 1 heterocycles. The number of piperidine rings is 1. The topological polar surface area (TPSA) is 108 Å². The number of rotatable bonds is 5. The van der Waals surface area contributed by atoms with Crippen LogP contribution in [0.3, 0.4) is 0 Å². The third-order valence-electron chi connectivity index (χ3n) is 4.47. The van der Waals surface area contributed by atoms with Gasteiger partial charge in [-0.15, -0.1) is 0 Å². The predicted molar refractivity (Wildman–Crippen MR) is 107 cm³/mol. The van der Waals surface area contributed by atoms with Gasteiger partial charge in [-0.1, -0.05) is 13.8 Å². The first kappa shape index (κ1) is 21.4. The van der Waals surface area contributed by atoms with E-state index in [-0.39, 0.29) is 35.6 Å². The van der Waals surface area contributed by atoms with Gasteiger partial charge in [-0.05, 0) is 31.0 Å². The number of hydrogen-bond donors (Lipinski definition) is 3. The summed E-state index contributed by atoms with van der Waals surface area (Å²) in [5, 5.41) is 8.25. The lowest BCUT2D eigenvalue weighted by Gasteiger charge is -2.33. The van der Waals surface area contributed by atoms with E-state index in [1.165, 1.54) is 13.8 Å². The molecule has 8 nitrogen and oxygen atoms in total. The number of carbonyl (C=O) groups excluding carboxylic acids is 4. The molecule has 0 saturated carbocycles. The summed E-state index contributed by atoms with van der Waals surface area (Å²) in [5.74, 6) is -0.725. The Morgan fingerprint density at radius 2 is 1.43 bits per heavy atom. The maximum absolute atomic E-state index is 12.7. The van der Waals surface area contributed by atoms with Gasteiger partial charge in [0.1, 0.15) is 0 Å². The summed E-state index contributed by atoms with van der Waals surface area (Å²) < 4.78 is 0. The van der Waals surface area contributed by atoms with Crippen molar-refractivity contribution in [2.24, 2.45) is 5.92 Å². The fourth-order valence-corrected chi connectivity index (χ4v) is 3.19. The number of amides is 4. The van der Waals surface area contributed by atoms with E-state index in [9.17, 15) is 19.2 Å². The number of anilines is 2. The third-order valence-corrected chi connectivity index (χ3v) is 4.47. The number of nitrogens with one attached hydrogen (secondary N) is 3. The van der Waals surface area contributed by atoms with Crippen LogP contribution < -0.4 is 16.0 Å². The molecule has 1 saturated heterocycles. The maximum Gasteiger partial charge on any atom is 0.251 e. The van der Waals surface area contributed by atoms with Crippen molar-refractivity contribution in [3.63, 3.8) is 0 Å². The van der Waals surface area contributed by atoms with Crippen molar-refractivity contribution in [2.75, 3.05) is 23.7 Å². The van der Waals surface area contributed by atoms with Crippen LogP contribution >= 0.6 is 0 Å². The first-order chi connectivity index (χ1) is 13.2. The summed E-state index contributed by atoms with van der Waals surface area (Å²) in [4.78, 5) is 49.3. The van der Waals surface area contributed by atoms with Crippen LogP contribution in [-0.4, -0.2) is 47.7 Å². The Kier molecular flexibility index (Phi) is 7.14. The van der Waals surface area contributed by atoms with Crippen molar-refractivity contribution in [2.45, 2.75) is 46.6 Å². The summed E-state index contributed by atoms with van der Waals surface area (Å²) in [5.41, 5.74) is 1.21. The lowest BCUT2D eigenvalue weighted by atomic mass is 10.0. The SMILES string of the molecule is CC(=O)Nc1cc(NC(C)=O)cc(C(=O)NC2CCN(C(=O)C(C)C)CC2)c1. The number of likely N-dealkylation sites (tertiary alicyclic amines) is 1. The van der Waals surface area contributed by atoms with Gasteiger partial charge in [-0.3, -0.25) is 19.2 Å². The van der Waals surface area contributed by atoms with Crippen molar-refractivity contribution in [1.29, 1.82) is 0 Å². The fourth-order valence-electron chi connectivity index (χ4n) is 3.19. The highest BCUT2D eigenvalue weighted by molar-refractivity contribution is 6.00. The predicted octanol–water partition coefficient (Wildman–Crippen LogP) is 1.98. The van der Waals surface area contributed by atoms with E-state index in [1.807, 2.05) is 18.7 Å². The summed E-state index contributed by atoms with van der Waals surface area (Å²) >= 11 is 0. The summed E-state index contributed by atoms with van der Waals surface area (Å²) in [6.07, 6.45) is 1.38. The van der Waals surface area contributed by atoms with Crippen LogP contribution in [0.15, 0.2) is 18.2 Å². The average Bonchev–Trinajstić information content (AvgIpc) is 2.60. The minimum Gasteiger partial charge on any atom is -0.349 e. The fraction of sp³-hybridized carbons (Fsp3) is 0.500. The van der Waals surface area contributed by atoms with Gasteiger partial charge in [0.15, 0.2) is 0 Å². The molecule has 1 aromatic carbocycles. The Balaban J connectivity index is 2.06. The van der Waals surface area contributed by atoms with Crippen molar-refractivity contribution in [3.05, 3.63) is 23.8 Å². The van der Waals surface area contributed by atoms with Crippen LogP contribution in [-0.2, 0) is 14.4 Å². The smallest absolute Gasteiger partial charge is 0.251 e. The van der Waals surface area contributed by atoms with E-state index in [1.54, 1.807) is 18.2 Å². The molecule has 3 N–H and O–H groups in total. The number of carbonyl (C=O) groups is 4. The molecule has 0 unspecified atom stereocenters. The highest BCUT2D eigenvalue weighted by Crippen LogP contribution is 2.20. The van der Waals surface area contributed by atoms with Crippen LogP contribution in [0.1, 0.15) is 50.9 Å². The Hall–Kier alpha value is -2.90. The minimum atomic E-state index is -0.285. The summed E-state index contributed by atoms with van der Waals surface area (Å²) in [6, 6.07) is 4.70. The molecule has 28 heavy (non-hydrogen) atoms. The van der Waals surface area contributed by atoms with Crippen LogP contribution in [0.5, 0.6) is 0 Å². The molecule has 1 aliphatic heterocycles. The molecule has 1 fully saturated rings. The Morgan fingerprint density at radius 1 is 0.929 bits per heavy atom. The quantitative estimate of drug-likeness (QED) is 0.717. The van der Waals surface area contributed by atoms with E-state index in [0.29, 0.717) is 42.9 Å². The number of hydrogen-bond acceptors (Lipinski definition) is 4. The maximum atomic E-state index is 12.7. The molecule has 0 aromatic heterocycles. The van der Waals surface area contributed by atoms with E-state index in [2.05, 4.69) is 16.0 Å². The summed E-state index contributed by atoms with van der Waals surface area (Å²) in [7, 11) is 0. The average molecular weight is 388 g/mol. The standard InChI is InChI=1S/C20H28N4O4/c1-12(2)20(28)24-7-5-16(6-8-24)23-19(27)15-9-17(21-13(3)25)11-18(10-15)22-14(4)26/h9-12,16H,5-8H2,1-4H3,(H,21,25)(H,22,26)(H,23,27). The molecule has 0 aliphatic carbocycles. The molecular weight excluding hydrogens is 360 g/mol. The van der Waals surface area contributed by atoms with Crippen molar-refractivity contribution >= 4 is 35.0 Å². The highest BCUT2D eigenvalue weighted by Gasteiger charge is 2.25. The molecule has 8 heteroatoms.